The molecule has 28 heavy (non-hydrogen) atoms. The lowest BCUT2D eigenvalue weighted by Crippen LogP contribution is -2.42. The molecule has 0 atom stereocenters. The SMILES string of the molecule is COc1ccc(Cn2ccnc2CN(C(=O)CC(C)C)C2CCCCC2)cc1. The van der Waals surface area contributed by atoms with Crippen molar-refractivity contribution in [1.82, 2.24) is 14.5 Å². The maximum absolute atomic E-state index is 13.0. The van der Waals surface area contributed by atoms with Gasteiger partial charge in [-0.25, -0.2) is 4.98 Å². The minimum Gasteiger partial charge on any atom is -0.497 e. The Labute approximate surface area is 168 Å². The molecule has 0 aliphatic heterocycles. The van der Waals surface area contributed by atoms with Crippen LogP contribution in [0.3, 0.4) is 0 Å². The molecule has 3 rings (SSSR count). The number of carbonyl (C=O) groups is 1. The number of nitrogens with zero attached hydrogens (tertiary/aromatic N) is 3. The van der Waals surface area contributed by atoms with Gasteiger partial charge in [0.05, 0.1) is 13.7 Å². The van der Waals surface area contributed by atoms with E-state index in [-0.39, 0.29) is 5.91 Å². The average molecular weight is 384 g/mol. The van der Waals surface area contributed by atoms with Gasteiger partial charge >= 0.3 is 0 Å². The van der Waals surface area contributed by atoms with Crippen LogP contribution in [0.5, 0.6) is 5.75 Å². The Morgan fingerprint density at radius 1 is 1.21 bits per heavy atom. The zero-order chi connectivity index (χ0) is 19.9. The van der Waals surface area contributed by atoms with E-state index in [1.165, 1.54) is 24.8 Å². The van der Waals surface area contributed by atoms with Crippen LogP contribution in [-0.2, 0) is 17.9 Å². The maximum atomic E-state index is 13.0. The lowest BCUT2D eigenvalue weighted by molar-refractivity contribution is -0.135. The number of carbonyl (C=O) groups excluding carboxylic acids is 1. The molecule has 152 valence electrons. The monoisotopic (exact) mass is 383 g/mol. The molecule has 5 heteroatoms. The van der Waals surface area contributed by atoms with E-state index in [1.54, 1.807) is 7.11 Å². The Hall–Kier alpha value is -2.30. The minimum atomic E-state index is 0.265. The Kier molecular flexibility index (Phi) is 7.12. The number of imidazole rings is 1. The third-order valence-corrected chi connectivity index (χ3v) is 5.54. The van der Waals surface area contributed by atoms with E-state index in [9.17, 15) is 4.79 Å². The molecule has 5 nitrogen and oxygen atoms in total. The Bertz CT molecular complexity index is 745. The maximum Gasteiger partial charge on any atom is 0.223 e. The molecular formula is C23H33N3O2. The fraction of sp³-hybridized carbons (Fsp3) is 0.565. The Morgan fingerprint density at radius 3 is 2.57 bits per heavy atom. The summed E-state index contributed by atoms with van der Waals surface area (Å²) < 4.78 is 7.40. The summed E-state index contributed by atoms with van der Waals surface area (Å²) in [6.45, 7) is 5.57. The second-order valence-corrected chi connectivity index (χ2v) is 8.23. The van der Waals surface area contributed by atoms with Crippen LogP contribution < -0.4 is 4.74 Å². The highest BCUT2D eigenvalue weighted by molar-refractivity contribution is 5.76. The van der Waals surface area contributed by atoms with Crippen molar-refractivity contribution >= 4 is 5.91 Å². The first-order valence-electron chi connectivity index (χ1n) is 10.5. The fourth-order valence-electron chi connectivity index (χ4n) is 4.00. The van der Waals surface area contributed by atoms with Crippen LogP contribution in [0.1, 0.15) is 63.8 Å². The molecule has 0 radical (unpaired) electrons. The summed E-state index contributed by atoms with van der Waals surface area (Å²) in [5, 5.41) is 0. The van der Waals surface area contributed by atoms with Gasteiger partial charge in [0.15, 0.2) is 0 Å². The molecule has 1 aromatic carbocycles. The molecule has 1 saturated carbocycles. The molecule has 1 aromatic heterocycles. The first-order chi connectivity index (χ1) is 13.6. The normalized spacial score (nSPS) is 15.0. The number of ether oxygens (including phenoxy) is 1. The molecular weight excluding hydrogens is 350 g/mol. The fourth-order valence-corrected chi connectivity index (χ4v) is 4.00. The van der Waals surface area contributed by atoms with Crippen molar-refractivity contribution in [2.24, 2.45) is 5.92 Å². The zero-order valence-electron chi connectivity index (χ0n) is 17.4. The van der Waals surface area contributed by atoms with Crippen molar-refractivity contribution in [2.45, 2.75) is 71.5 Å². The van der Waals surface area contributed by atoms with Crippen molar-refractivity contribution in [2.75, 3.05) is 7.11 Å². The summed E-state index contributed by atoms with van der Waals surface area (Å²) in [7, 11) is 1.68. The van der Waals surface area contributed by atoms with Gasteiger partial charge in [-0.15, -0.1) is 0 Å². The highest BCUT2D eigenvalue weighted by atomic mass is 16.5. The molecule has 1 heterocycles. The highest BCUT2D eigenvalue weighted by Crippen LogP contribution is 2.25. The van der Waals surface area contributed by atoms with Crippen LogP contribution in [0, 0.1) is 5.92 Å². The van der Waals surface area contributed by atoms with Crippen LogP contribution in [0.25, 0.3) is 0 Å². The van der Waals surface area contributed by atoms with Gasteiger partial charge in [-0.3, -0.25) is 4.79 Å². The molecule has 0 unspecified atom stereocenters. The van der Waals surface area contributed by atoms with Gasteiger partial charge in [0, 0.05) is 31.4 Å². The van der Waals surface area contributed by atoms with Gasteiger partial charge in [0.1, 0.15) is 11.6 Å². The summed E-state index contributed by atoms with van der Waals surface area (Å²) in [6, 6.07) is 8.46. The standard InChI is InChI=1S/C23H33N3O2/c1-18(2)15-23(27)26(20-7-5-4-6-8-20)17-22-24-13-14-25(22)16-19-9-11-21(28-3)12-10-19/h9-14,18,20H,4-8,15-17H2,1-3H3. The smallest absolute Gasteiger partial charge is 0.223 e. The summed E-state index contributed by atoms with van der Waals surface area (Å²) in [5.41, 5.74) is 1.19. The van der Waals surface area contributed by atoms with Crippen molar-refractivity contribution in [3.63, 3.8) is 0 Å². The second-order valence-electron chi connectivity index (χ2n) is 8.23. The van der Waals surface area contributed by atoms with Gasteiger partial charge < -0.3 is 14.2 Å². The number of benzene rings is 1. The van der Waals surface area contributed by atoms with Crippen LogP contribution in [0.15, 0.2) is 36.7 Å². The number of hydrogen-bond acceptors (Lipinski definition) is 3. The minimum absolute atomic E-state index is 0.265. The van der Waals surface area contributed by atoms with Crippen molar-refractivity contribution in [1.29, 1.82) is 0 Å². The largest absolute Gasteiger partial charge is 0.497 e. The molecule has 2 aromatic rings. The number of methoxy groups -OCH3 is 1. The van der Waals surface area contributed by atoms with E-state index < -0.39 is 0 Å². The zero-order valence-corrected chi connectivity index (χ0v) is 17.4. The van der Waals surface area contributed by atoms with Crippen LogP contribution in [0.2, 0.25) is 0 Å². The summed E-state index contributed by atoms with van der Waals surface area (Å²) >= 11 is 0. The second kappa shape index (κ2) is 9.76. The number of amides is 1. The van der Waals surface area contributed by atoms with E-state index in [2.05, 4.69) is 40.4 Å². The number of hydrogen-bond donors (Lipinski definition) is 0. The van der Waals surface area contributed by atoms with Gasteiger partial charge in [-0.1, -0.05) is 45.2 Å². The predicted molar refractivity (Wildman–Crippen MR) is 111 cm³/mol. The topological polar surface area (TPSA) is 47.4 Å². The summed E-state index contributed by atoms with van der Waals surface area (Å²) in [4.78, 5) is 19.7. The Balaban J connectivity index is 1.74. The molecule has 1 fully saturated rings. The molecule has 0 spiro atoms. The molecule has 1 amide bonds. The van der Waals surface area contributed by atoms with Gasteiger partial charge in [-0.2, -0.15) is 0 Å². The van der Waals surface area contributed by atoms with E-state index in [4.69, 9.17) is 4.74 Å². The third kappa shape index (κ3) is 5.37. The van der Waals surface area contributed by atoms with E-state index >= 15 is 0 Å². The van der Waals surface area contributed by atoms with Crippen LogP contribution >= 0.6 is 0 Å². The molecule has 1 aliphatic rings. The van der Waals surface area contributed by atoms with Crippen LogP contribution in [0.4, 0.5) is 0 Å². The van der Waals surface area contributed by atoms with E-state index in [0.717, 1.165) is 31.0 Å². The summed E-state index contributed by atoms with van der Waals surface area (Å²) in [6.07, 6.45) is 10.4. The average Bonchev–Trinajstić information content (AvgIpc) is 3.13. The van der Waals surface area contributed by atoms with E-state index in [0.29, 0.717) is 24.9 Å². The van der Waals surface area contributed by atoms with Crippen molar-refractivity contribution in [3.05, 3.63) is 48.0 Å². The predicted octanol–water partition coefficient (Wildman–Crippen LogP) is 4.65. The molecule has 0 saturated heterocycles. The number of aromatic nitrogens is 2. The van der Waals surface area contributed by atoms with Gasteiger partial charge in [0.25, 0.3) is 0 Å². The van der Waals surface area contributed by atoms with Crippen molar-refractivity contribution < 1.29 is 9.53 Å². The first kappa shape index (κ1) is 20.4. The Morgan fingerprint density at radius 2 is 1.93 bits per heavy atom. The lowest BCUT2D eigenvalue weighted by atomic mass is 9.93. The molecule has 1 aliphatic carbocycles. The van der Waals surface area contributed by atoms with Gasteiger partial charge in [-0.05, 0) is 36.5 Å². The summed E-state index contributed by atoms with van der Waals surface area (Å²) in [5.74, 6) is 2.45. The lowest BCUT2D eigenvalue weighted by Gasteiger charge is -2.35. The van der Waals surface area contributed by atoms with E-state index in [1.807, 2.05) is 24.5 Å². The van der Waals surface area contributed by atoms with Gasteiger partial charge in [0.2, 0.25) is 5.91 Å². The molecule has 0 N–H and O–H groups in total. The highest BCUT2D eigenvalue weighted by Gasteiger charge is 2.27. The quantitative estimate of drug-likeness (QED) is 0.667. The van der Waals surface area contributed by atoms with Crippen LogP contribution in [-0.4, -0.2) is 33.5 Å². The first-order valence-corrected chi connectivity index (χ1v) is 10.5. The third-order valence-electron chi connectivity index (χ3n) is 5.54. The van der Waals surface area contributed by atoms with Crippen molar-refractivity contribution in [3.8, 4) is 5.75 Å². The molecule has 0 bridgehead atoms. The number of rotatable bonds is 8.